The van der Waals surface area contributed by atoms with E-state index in [1.165, 1.54) is 18.2 Å². The van der Waals surface area contributed by atoms with Crippen molar-refractivity contribution in [3.63, 3.8) is 0 Å². The molecular formula is C10H8F3N3. The highest BCUT2D eigenvalue weighted by Gasteiger charge is 2.15. The Kier molecular flexibility index (Phi) is 2.66. The van der Waals surface area contributed by atoms with E-state index < -0.39 is 17.9 Å². The van der Waals surface area contributed by atoms with E-state index in [9.17, 15) is 13.2 Å². The number of rotatable bonds is 2. The van der Waals surface area contributed by atoms with Gasteiger partial charge in [0, 0.05) is 11.5 Å². The zero-order chi connectivity index (χ0) is 11.7. The second kappa shape index (κ2) is 3.97. The number of nitrogen functional groups attached to an aromatic ring is 1. The summed E-state index contributed by atoms with van der Waals surface area (Å²) < 4.78 is 38.1. The molecule has 0 radical (unpaired) electrons. The molecule has 2 rings (SSSR count). The van der Waals surface area contributed by atoms with Gasteiger partial charge in [0.25, 0.3) is 6.43 Å². The summed E-state index contributed by atoms with van der Waals surface area (Å²) in [6, 6.07) is 5.19. The maximum Gasteiger partial charge on any atom is 0.282 e. The molecule has 1 aromatic carbocycles. The van der Waals surface area contributed by atoms with Crippen molar-refractivity contribution in [1.82, 2.24) is 4.98 Å². The molecule has 1 aromatic heterocycles. The largest absolute Gasteiger partial charge is 0.322 e. The van der Waals surface area contributed by atoms with Gasteiger partial charge in [0.2, 0.25) is 0 Å². The minimum Gasteiger partial charge on any atom is -0.322 e. The summed E-state index contributed by atoms with van der Waals surface area (Å²) in [5, 5.41) is 0.541. The van der Waals surface area contributed by atoms with Crippen LogP contribution in [0.4, 0.5) is 18.9 Å². The van der Waals surface area contributed by atoms with Gasteiger partial charge in [0.15, 0.2) is 0 Å². The number of aromatic nitrogens is 1. The molecule has 3 nitrogen and oxygen atoms in total. The first kappa shape index (κ1) is 10.7. The molecular weight excluding hydrogens is 219 g/mol. The highest BCUT2D eigenvalue weighted by Crippen LogP contribution is 2.28. The van der Waals surface area contributed by atoms with Crippen molar-refractivity contribution >= 4 is 16.6 Å². The zero-order valence-electron chi connectivity index (χ0n) is 8.05. The summed E-state index contributed by atoms with van der Waals surface area (Å²) in [4.78, 5) is 3.67. The molecule has 2 aromatic rings. The lowest BCUT2D eigenvalue weighted by molar-refractivity contribution is 0.147. The van der Waals surface area contributed by atoms with E-state index in [2.05, 4.69) is 10.4 Å². The Morgan fingerprint density at radius 1 is 1.25 bits per heavy atom. The van der Waals surface area contributed by atoms with E-state index in [0.717, 1.165) is 6.07 Å². The second-order valence-corrected chi connectivity index (χ2v) is 3.20. The van der Waals surface area contributed by atoms with Crippen LogP contribution in [-0.2, 0) is 0 Å². The van der Waals surface area contributed by atoms with Crippen LogP contribution >= 0.6 is 0 Å². The minimum absolute atomic E-state index is 0.0362. The Bertz CT molecular complexity index is 528. The number of nitrogens with two attached hydrogens (primary N) is 1. The molecule has 0 amide bonds. The monoisotopic (exact) mass is 227 g/mol. The fourth-order valence-electron chi connectivity index (χ4n) is 1.44. The molecule has 3 N–H and O–H groups in total. The first-order valence-electron chi connectivity index (χ1n) is 4.47. The van der Waals surface area contributed by atoms with Crippen LogP contribution in [0.15, 0.2) is 24.3 Å². The molecule has 1 heterocycles. The van der Waals surface area contributed by atoms with Gasteiger partial charge in [0.1, 0.15) is 11.5 Å². The lowest BCUT2D eigenvalue weighted by atomic mass is 10.1. The maximum absolute atomic E-state index is 12.9. The summed E-state index contributed by atoms with van der Waals surface area (Å²) in [5.41, 5.74) is 1.87. The number of alkyl halides is 2. The van der Waals surface area contributed by atoms with Crippen molar-refractivity contribution < 1.29 is 13.2 Å². The van der Waals surface area contributed by atoms with E-state index in [1.54, 1.807) is 0 Å². The standard InChI is InChI=1S/C10H8F3N3/c11-6-2-1-5-3-8(16-14)9(10(12)13)15-7(5)4-6/h1-4,10,16H,14H2. The van der Waals surface area contributed by atoms with Crippen molar-refractivity contribution in [3.05, 3.63) is 35.8 Å². The van der Waals surface area contributed by atoms with Gasteiger partial charge in [0.05, 0.1) is 11.2 Å². The number of nitrogens with zero attached hydrogens (tertiary/aromatic N) is 1. The Labute approximate surface area is 89.1 Å². The molecule has 0 atom stereocenters. The number of pyridine rings is 1. The number of benzene rings is 1. The van der Waals surface area contributed by atoms with Gasteiger partial charge in [-0.05, 0) is 18.2 Å². The third-order valence-corrected chi connectivity index (χ3v) is 2.17. The zero-order valence-corrected chi connectivity index (χ0v) is 8.05. The van der Waals surface area contributed by atoms with Gasteiger partial charge in [-0.2, -0.15) is 0 Å². The van der Waals surface area contributed by atoms with Crippen LogP contribution in [0.25, 0.3) is 10.9 Å². The fourth-order valence-corrected chi connectivity index (χ4v) is 1.44. The predicted octanol–water partition coefficient (Wildman–Crippen LogP) is 2.60. The molecule has 6 heteroatoms. The molecule has 16 heavy (non-hydrogen) atoms. The molecule has 0 aliphatic rings. The second-order valence-electron chi connectivity index (χ2n) is 3.20. The fraction of sp³-hybridized carbons (Fsp3) is 0.100. The van der Waals surface area contributed by atoms with Crippen LogP contribution in [0.3, 0.4) is 0 Å². The van der Waals surface area contributed by atoms with Crippen molar-refractivity contribution in [2.24, 2.45) is 5.84 Å². The van der Waals surface area contributed by atoms with Gasteiger partial charge in [-0.1, -0.05) is 0 Å². The van der Waals surface area contributed by atoms with Crippen molar-refractivity contribution in [2.45, 2.75) is 6.43 Å². The van der Waals surface area contributed by atoms with Gasteiger partial charge in [-0.3, -0.25) is 5.84 Å². The summed E-state index contributed by atoms with van der Waals surface area (Å²) in [5.74, 6) is 4.59. The predicted molar refractivity (Wildman–Crippen MR) is 54.5 cm³/mol. The Hall–Kier alpha value is -1.82. The topological polar surface area (TPSA) is 50.9 Å². The van der Waals surface area contributed by atoms with Gasteiger partial charge < -0.3 is 5.43 Å². The van der Waals surface area contributed by atoms with Crippen LogP contribution in [0.5, 0.6) is 0 Å². The number of anilines is 1. The molecule has 0 saturated heterocycles. The molecule has 84 valence electrons. The first-order valence-corrected chi connectivity index (χ1v) is 4.47. The number of fused-ring (bicyclic) bond motifs is 1. The van der Waals surface area contributed by atoms with E-state index in [-0.39, 0.29) is 11.2 Å². The summed E-state index contributed by atoms with van der Waals surface area (Å²) in [6.07, 6.45) is -2.77. The van der Waals surface area contributed by atoms with E-state index in [1.807, 2.05) is 0 Å². The van der Waals surface area contributed by atoms with E-state index in [0.29, 0.717) is 5.39 Å². The van der Waals surface area contributed by atoms with Gasteiger partial charge in [-0.25, -0.2) is 18.2 Å². The Morgan fingerprint density at radius 3 is 2.62 bits per heavy atom. The molecule has 0 bridgehead atoms. The lowest BCUT2D eigenvalue weighted by Crippen LogP contribution is -2.10. The summed E-state index contributed by atoms with van der Waals surface area (Å²) in [6.45, 7) is 0. The van der Waals surface area contributed by atoms with Crippen molar-refractivity contribution in [3.8, 4) is 0 Å². The van der Waals surface area contributed by atoms with Gasteiger partial charge in [-0.15, -0.1) is 0 Å². The van der Waals surface area contributed by atoms with E-state index in [4.69, 9.17) is 5.84 Å². The minimum atomic E-state index is -2.77. The van der Waals surface area contributed by atoms with Crippen LogP contribution in [0.2, 0.25) is 0 Å². The smallest absolute Gasteiger partial charge is 0.282 e. The van der Waals surface area contributed by atoms with Gasteiger partial charge >= 0.3 is 0 Å². The molecule has 0 saturated carbocycles. The van der Waals surface area contributed by atoms with Crippen molar-refractivity contribution in [2.75, 3.05) is 5.43 Å². The Balaban J connectivity index is 2.70. The average molecular weight is 227 g/mol. The van der Waals surface area contributed by atoms with Crippen LogP contribution in [0.1, 0.15) is 12.1 Å². The van der Waals surface area contributed by atoms with Crippen molar-refractivity contribution in [1.29, 1.82) is 0 Å². The SMILES string of the molecule is NNc1cc2ccc(F)cc2nc1C(F)F. The number of hydrazine groups is 1. The number of hydrogen-bond donors (Lipinski definition) is 2. The lowest BCUT2D eigenvalue weighted by Gasteiger charge is -2.08. The first-order chi connectivity index (χ1) is 7.61. The highest BCUT2D eigenvalue weighted by atomic mass is 19.3. The number of hydrogen-bond acceptors (Lipinski definition) is 3. The maximum atomic E-state index is 12.9. The summed E-state index contributed by atoms with van der Waals surface area (Å²) in [7, 11) is 0. The molecule has 0 aliphatic heterocycles. The third kappa shape index (κ3) is 1.79. The van der Waals surface area contributed by atoms with Crippen LogP contribution < -0.4 is 11.3 Å². The molecule has 0 fully saturated rings. The third-order valence-electron chi connectivity index (χ3n) is 2.17. The Morgan fingerprint density at radius 2 is 2.00 bits per heavy atom. The number of nitrogens with one attached hydrogen (secondary N) is 1. The summed E-state index contributed by atoms with van der Waals surface area (Å²) >= 11 is 0. The molecule has 0 spiro atoms. The quantitative estimate of drug-likeness (QED) is 0.612. The highest BCUT2D eigenvalue weighted by molar-refractivity contribution is 5.82. The van der Waals surface area contributed by atoms with E-state index >= 15 is 0 Å². The number of halogens is 3. The molecule has 0 aliphatic carbocycles. The van der Waals surface area contributed by atoms with Crippen LogP contribution in [-0.4, -0.2) is 4.98 Å². The normalized spacial score (nSPS) is 11.1. The van der Waals surface area contributed by atoms with Crippen LogP contribution in [0, 0.1) is 5.82 Å². The average Bonchev–Trinajstić information content (AvgIpc) is 2.27. The molecule has 0 unspecified atom stereocenters.